The van der Waals surface area contributed by atoms with Crippen LogP contribution in [0.2, 0.25) is 0 Å². The Morgan fingerprint density at radius 2 is 2.00 bits per heavy atom. The van der Waals surface area contributed by atoms with Gasteiger partial charge in [0, 0.05) is 12.8 Å². The Labute approximate surface area is 78.3 Å². The molecule has 0 saturated heterocycles. The van der Waals surface area contributed by atoms with Crippen LogP contribution in [0.4, 0.5) is 0 Å². The van der Waals surface area contributed by atoms with Crippen LogP contribution in [0.25, 0.3) is 0 Å². The maximum atomic E-state index is 11.3. The van der Waals surface area contributed by atoms with Gasteiger partial charge < -0.3 is 10.4 Å². The molecule has 13 heavy (non-hydrogen) atoms. The lowest BCUT2D eigenvalue weighted by molar-refractivity contribution is -0.137. The number of Topliss-reactive ketones (excluding diaryl/α,β-unsaturated/α-hetero) is 1. The third-order valence-electron chi connectivity index (χ3n) is 1.83. The quantitative estimate of drug-likeness (QED) is 0.619. The van der Waals surface area contributed by atoms with Gasteiger partial charge in [0.2, 0.25) is 0 Å². The standard InChI is InChI=1S/C9H17NO3/c1-3-8(11)7(10-4-2)5-6-9(12)13/h7,10H,3-6H2,1-2H3,(H,12,13). The monoisotopic (exact) mass is 187 g/mol. The second-order valence-corrected chi connectivity index (χ2v) is 2.86. The molecule has 0 spiro atoms. The van der Waals surface area contributed by atoms with Crippen molar-refractivity contribution in [1.82, 2.24) is 5.32 Å². The molecule has 0 heterocycles. The normalized spacial score (nSPS) is 12.5. The Hall–Kier alpha value is -0.900. The fraction of sp³-hybridized carbons (Fsp3) is 0.778. The van der Waals surface area contributed by atoms with Crippen molar-refractivity contribution in [3.05, 3.63) is 0 Å². The molecule has 0 fully saturated rings. The molecule has 1 atom stereocenters. The van der Waals surface area contributed by atoms with Crippen LogP contribution in [0.15, 0.2) is 0 Å². The molecule has 0 aliphatic carbocycles. The van der Waals surface area contributed by atoms with E-state index >= 15 is 0 Å². The highest BCUT2D eigenvalue weighted by molar-refractivity contribution is 5.84. The molecular weight excluding hydrogens is 170 g/mol. The molecule has 0 amide bonds. The van der Waals surface area contributed by atoms with Gasteiger partial charge >= 0.3 is 5.97 Å². The minimum Gasteiger partial charge on any atom is -0.481 e. The van der Waals surface area contributed by atoms with Crippen molar-refractivity contribution < 1.29 is 14.7 Å². The molecule has 0 aliphatic heterocycles. The lowest BCUT2D eigenvalue weighted by Crippen LogP contribution is -2.36. The lowest BCUT2D eigenvalue weighted by Gasteiger charge is -2.14. The van der Waals surface area contributed by atoms with Crippen molar-refractivity contribution in [2.45, 2.75) is 39.2 Å². The molecule has 0 bridgehead atoms. The van der Waals surface area contributed by atoms with Crippen molar-refractivity contribution >= 4 is 11.8 Å². The number of hydrogen-bond donors (Lipinski definition) is 2. The number of rotatable bonds is 7. The van der Waals surface area contributed by atoms with Crippen LogP contribution < -0.4 is 5.32 Å². The molecule has 0 radical (unpaired) electrons. The first kappa shape index (κ1) is 12.1. The summed E-state index contributed by atoms with van der Waals surface area (Å²) in [4.78, 5) is 21.5. The molecular formula is C9H17NO3. The maximum Gasteiger partial charge on any atom is 0.303 e. The fourth-order valence-corrected chi connectivity index (χ4v) is 1.14. The average molecular weight is 187 g/mol. The molecule has 4 nitrogen and oxygen atoms in total. The van der Waals surface area contributed by atoms with E-state index in [-0.39, 0.29) is 18.2 Å². The maximum absolute atomic E-state index is 11.3. The molecule has 2 N–H and O–H groups in total. The first-order valence-corrected chi connectivity index (χ1v) is 4.59. The second kappa shape index (κ2) is 6.60. The van der Waals surface area contributed by atoms with E-state index < -0.39 is 5.97 Å². The highest BCUT2D eigenvalue weighted by Crippen LogP contribution is 2.01. The van der Waals surface area contributed by atoms with Crippen molar-refractivity contribution in [3.63, 3.8) is 0 Å². The summed E-state index contributed by atoms with van der Waals surface area (Å²) in [6, 6.07) is -0.286. The van der Waals surface area contributed by atoms with Gasteiger partial charge in [0.15, 0.2) is 0 Å². The van der Waals surface area contributed by atoms with Gasteiger partial charge in [-0.15, -0.1) is 0 Å². The van der Waals surface area contributed by atoms with Crippen LogP contribution in [-0.4, -0.2) is 29.4 Å². The summed E-state index contributed by atoms with van der Waals surface area (Å²) >= 11 is 0. The highest BCUT2D eigenvalue weighted by Gasteiger charge is 2.15. The van der Waals surface area contributed by atoms with Crippen LogP contribution in [0.1, 0.15) is 33.1 Å². The summed E-state index contributed by atoms with van der Waals surface area (Å²) in [7, 11) is 0. The Bertz CT molecular complexity index is 180. The molecule has 4 heteroatoms. The van der Waals surface area contributed by atoms with Crippen LogP contribution in [0.5, 0.6) is 0 Å². The number of nitrogens with one attached hydrogen (secondary N) is 1. The number of ketones is 1. The van der Waals surface area contributed by atoms with Gasteiger partial charge in [-0.2, -0.15) is 0 Å². The summed E-state index contributed by atoms with van der Waals surface area (Å²) in [5.74, 6) is -0.769. The average Bonchev–Trinajstić information content (AvgIpc) is 2.10. The van der Waals surface area contributed by atoms with Gasteiger partial charge in [-0.05, 0) is 13.0 Å². The van der Waals surface area contributed by atoms with Crippen LogP contribution >= 0.6 is 0 Å². The molecule has 0 saturated carbocycles. The van der Waals surface area contributed by atoms with Gasteiger partial charge in [0.1, 0.15) is 5.78 Å². The molecule has 0 aromatic heterocycles. The smallest absolute Gasteiger partial charge is 0.303 e. The molecule has 0 rings (SSSR count). The van der Waals surface area contributed by atoms with Crippen LogP contribution in [-0.2, 0) is 9.59 Å². The minimum atomic E-state index is -0.855. The first-order chi connectivity index (χ1) is 6.11. The van der Waals surface area contributed by atoms with Crippen LogP contribution in [0.3, 0.4) is 0 Å². The van der Waals surface area contributed by atoms with Crippen molar-refractivity contribution in [2.75, 3.05) is 6.54 Å². The van der Waals surface area contributed by atoms with Gasteiger partial charge in [0.25, 0.3) is 0 Å². The molecule has 0 aromatic carbocycles. The van der Waals surface area contributed by atoms with E-state index in [1.807, 2.05) is 6.92 Å². The largest absolute Gasteiger partial charge is 0.481 e. The lowest BCUT2D eigenvalue weighted by atomic mass is 10.1. The third-order valence-corrected chi connectivity index (χ3v) is 1.83. The molecule has 0 aliphatic rings. The summed E-state index contributed by atoms with van der Waals surface area (Å²) in [5.41, 5.74) is 0. The Kier molecular flexibility index (Phi) is 6.14. The van der Waals surface area contributed by atoms with E-state index in [2.05, 4.69) is 5.32 Å². The summed E-state index contributed by atoms with van der Waals surface area (Å²) in [6.45, 7) is 4.38. The number of carboxylic acid groups (broad SMARTS) is 1. The molecule has 76 valence electrons. The Morgan fingerprint density at radius 3 is 2.38 bits per heavy atom. The predicted octanol–water partition coefficient (Wildman–Crippen LogP) is 0.808. The first-order valence-electron chi connectivity index (χ1n) is 4.59. The van der Waals surface area contributed by atoms with E-state index in [0.717, 1.165) is 0 Å². The molecule has 0 aromatic rings. The van der Waals surface area contributed by atoms with E-state index in [1.54, 1.807) is 6.92 Å². The topological polar surface area (TPSA) is 66.4 Å². The van der Waals surface area contributed by atoms with Crippen LogP contribution in [0, 0.1) is 0 Å². The van der Waals surface area contributed by atoms with Crippen molar-refractivity contribution in [1.29, 1.82) is 0 Å². The van der Waals surface area contributed by atoms with Gasteiger partial charge in [-0.3, -0.25) is 9.59 Å². The number of carboxylic acids is 1. The second-order valence-electron chi connectivity index (χ2n) is 2.86. The zero-order chi connectivity index (χ0) is 10.3. The Morgan fingerprint density at radius 1 is 1.38 bits per heavy atom. The van der Waals surface area contributed by atoms with E-state index in [0.29, 0.717) is 19.4 Å². The number of hydrogen-bond acceptors (Lipinski definition) is 3. The van der Waals surface area contributed by atoms with Crippen molar-refractivity contribution in [2.24, 2.45) is 0 Å². The number of likely N-dealkylation sites (N-methyl/N-ethyl adjacent to an activating group) is 1. The van der Waals surface area contributed by atoms with Crippen molar-refractivity contribution in [3.8, 4) is 0 Å². The summed E-state index contributed by atoms with van der Waals surface area (Å²) in [5, 5.41) is 11.4. The molecule has 1 unspecified atom stereocenters. The van der Waals surface area contributed by atoms with E-state index in [9.17, 15) is 9.59 Å². The highest BCUT2D eigenvalue weighted by atomic mass is 16.4. The Balaban J connectivity index is 3.93. The SMILES string of the molecule is CCNC(CCC(=O)O)C(=O)CC. The minimum absolute atomic E-state index is 0.0450. The number of aliphatic carboxylic acids is 1. The summed E-state index contributed by atoms with van der Waals surface area (Å²) in [6.07, 6.45) is 0.885. The predicted molar refractivity (Wildman–Crippen MR) is 49.6 cm³/mol. The van der Waals surface area contributed by atoms with E-state index in [4.69, 9.17) is 5.11 Å². The zero-order valence-electron chi connectivity index (χ0n) is 8.17. The van der Waals surface area contributed by atoms with Gasteiger partial charge in [-0.25, -0.2) is 0 Å². The van der Waals surface area contributed by atoms with E-state index in [1.165, 1.54) is 0 Å². The summed E-state index contributed by atoms with van der Waals surface area (Å²) < 4.78 is 0. The van der Waals surface area contributed by atoms with Gasteiger partial charge in [0.05, 0.1) is 6.04 Å². The fourth-order valence-electron chi connectivity index (χ4n) is 1.14. The zero-order valence-corrected chi connectivity index (χ0v) is 8.17. The number of carbonyl (C=O) groups is 2. The number of carbonyl (C=O) groups excluding carboxylic acids is 1. The third kappa shape index (κ3) is 5.36. The van der Waals surface area contributed by atoms with Gasteiger partial charge in [-0.1, -0.05) is 13.8 Å².